The number of piperazine rings is 1. The van der Waals surface area contributed by atoms with Crippen LogP contribution in [0.2, 0.25) is 0 Å². The van der Waals surface area contributed by atoms with Crippen LogP contribution in [0.5, 0.6) is 0 Å². The van der Waals surface area contributed by atoms with Gasteiger partial charge in [-0.05, 0) is 61.5 Å². The summed E-state index contributed by atoms with van der Waals surface area (Å²) in [6, 6.07) is 15.5. The highest BCUT2D eigenvalue weighted by atomic mass is 32.2. The number of rotatable bonds is 9. The number of benzene rings is 2. The summed E-state index contributed by atoms with van der Waals surface area (Å²) in [6.45, 7) is 5.87. The number of aromatic amines is 1. The Morgan fingerprint density at radius 2 is 1.73 bits per heavy atom. The van der Waals surface area contributed by atoms with Gasteiger partial charge in [-0.2, -0.15) is 4.98 Å². The number of carbonyl (C=O) groups excluding carboxylic acids is 1. The number of H-pyrrole nitrogens is 1. The minimum atomic E-state index is -3.11. The topological polar surface area (TPSA) is 158 Å². The van der Waals surface area contributed by atoms with Crippen LogP contribution >= 0.6 is 0 Å². The number of nitrogens with one attached hydrogen (secondary N) is 3. The average Bonchev–Trinajstić information content (AvgIpc) is 3.46. The number of carbonyl (C=O) groups is 1. The maximum atomic E-state index is 13.6. The van der Waals surface area contributed by atoms with Gasteiger partial charge >= 0.3 is 5.69 Å². The molecule has 44 heavy (non-hydrogen) atoms. The molecule has 0 atom stereocenters. The molecule has 6 rings (SSSR count). The van der Waals surface area contributed by atoms with Crippen molar-refractivity contribution in [3.05, 3.63) is 76.3 Å². The molecule has 1 amide bonds. The number of sulfone groups is 1. The Morgan fingerprint density at radius 3 is 2.45 bits per heavy atom. The Hall–Kier alpha value is -4.04. The van der Waals surface area contributed by atoms with E-state index in [9.17, 15) is 18.0 Å². The summed E-state index contributed by atoms with van der Waals surface area (Å²) < 4.78 is 25.5. The zero-order chi connectivity index (χ0) is 30.7. The van der Waals surface area contributed by atoms with E-state index in [1.54, 1.807) is 11.1 Å². The zero-order valence-corrected chi connectivity index (χ0v) is 25.4. The van der Waals surface area contributed by atoms with Crippen molar-refractivity contribution in [1.82, 2.24) is 30.1 Å². The fraction of sp³-hybridized carbons (Fsp3) is 0.387. The molecule has 232 valence electrons. The Bertz CT molecular complexity index is 1800. The van der Waals surface area contributed by atoms with Gasteiger partial charge in [0, 0.05) is 79.9 Å². The number of hydrogen-bond acceptors (Lipinski definition) is 9. The highest BCUT2D eigenvalue weighted by Crippen LogP contribution is 2.30. The quantitative estimate of drug-likeness (QED) is 0.202. The molecule has 2 aromatic carbocycles. The van der Waals surface area contributed by atoms with Crippen molar-refractivity contribution in [3.63, 3.8) is 0 Å². The van der Waals surface area contributed by atoms with Gasteiger partial charge in [-0.1, -0.05) is 12.1 Å². The van der Waals surface area contributed by atoms with Crippen molar-refractivity contribution in [2.45, 2.75) is 13.0 Å². The van der Waals surface area contributed by atoms with Gasteiger partial charge in [-0.25, -0.2) is 13.2 Å². The van der Waals surface area contributed by atoms with Crippen LogP contribution in [0.3, 0.4) is 0 Å². The van der Waals surface area contributed by atoms with Crippen LogP contribution in [-0.4, -0.2) is 97.6 Å². The lowest BCUT2D eigenvalue weighted by molar-refractivity contribution is 0.0770. The molecule has 2 saturated heterocycles. The maximum Gasteiger partial charge on any atom is 0.354 e. The van der Waals surface area contributed by atoms with Crippen molar-refractivity contribution >= 4 is 32.5 Å². The third-order valence-corrected chi connectivity index (χ3v) is 9.81. The molecule has 0 bridgehead atoms. The molecule has 2 fully saturated rings. The lowest BCUT2D eigenvalue weighted by atomic mass is 10.0. The molecule has 2 aromatic heterocycles. The number of fused-ring (bicyclic) bond motifs is 1. The van der Waals surface area contributed by atoms with Crippen LogP contribution in [0.4, 0.5) is 5.69 Å². The monoisotopic (exact) mass is 618 g/mol. The minimum absolute atomic E-state index is 0.0251. The molecule has 2 aliphatic rings. The van der Waals surface area contributed by atoms with Gasteiger partial charge < -0.3 is 31.2 Å². The van der Waals surface area contributed by atoms with E-state index in [2.05, 4.69) is 25.5 Å². The predicted molar refractivity (Wildman–Crippen MR) is 172 cm³/mol. The lowest BCUT2D eigenvalue weighted by Crippen LogP contribution is -2.44. The fourth-order valence-electron chi connectivity index (χ4n) is 5.66. The van der Waals surface area contributed by atoms with E-state index < -0.39 is 15.5 Å². The summed E-state index contributed by atoms with van der Waals surface area (Å²) >= 11 is 0. The summed E-state index contributed by atoms with van der Waals surface area (Å²) in [5, 5.41) is 7.47. The van der Waals surface area contributed by atoms with Gasteiger partial charge in [-0.15, -0.1) is 0 Å². The summed E-state index contributed by atoms with van der Waals surface area (Å²) in [4.78, 5) is 38.1. The molecule has 13 heteroatoms. The number of anilines is 1. The van der Waals surface area contributed by atoms with Crippen LogP contribution in [0.25, 0.3) is 28.0 Å². The van der Waals surface area contributed by atoms with Crippen molar-refractivity contribution in [3.8, 4) is 16.9 Å². The van der Waals surface area contributed by atoms with Crippen LogP contribution in [-0.2, 0) is 16.4 Å². The lowest BCUT2D eigenvalue weighted by Gasteiger charge is -2.31. The minimum Gasteiger partial charge on any atom is -0.369 e. The first-order valence-corrected chi connectivity index (χ1v) is 16.9. The highest BCUT2D eigenvalue weighted by Gasteiger charge is 2.27. The van der Waals surface area contributed by atoms with Crippen LogP contribution in [0.1, 0.15) is 22.3 Å². The summed E-state index contributed by atoms with van der Waals surface area (Å²) in [5.74, 6) is -0.240. The van der Waals surface area contributed by atoms with Gasteiger partial charge in [0.25, 0.3) is 5.91 Å². The first-order chi connectivity index (χ1) is 21.3. The average molecular weight is 619 g/mol. The molecular weight excluding hydrogens is 580 g/mol. The van der Waals surface area contributed by atoms with Crippen molar-refractivity contribution < 1.29 is 13.2 Å². The second-order valence-electron chi connectivity index (χ2n) is 11.3. The Labute approximate surface area is 256 Å². The normalized spacial score (nSPS) is 16.8. The van der Waals surface area contributed by atoms with E-state index in [4.69, 9.17) is 5.73 Å². The SMILES string of the molecule is NCCCNCc1ccc(-n2cc3cc(-c4cc(C(=O)N5CCS(=O)(=O)CC5)cc(N5CCNCC5)c4)[nH]c3nc2=O)cc1. The van der Waals surface area contributed by atoms with Crippen molar-refractivity contribution in [2.24, 2.45) is 5.73 Å². The van der Waals surface area contributed by atoms with E-state index in [0.29, 0.717) is 17.8 Å². The van der Waals surface area contributed by atoms with Gasteiger partial charge in [-0.3, -0.25) is 9.36 Å². The van der Waals surface area contributed by atoms with Crippen LogP contribution < -0.4 is 27.0 Å². The van der Waals surface area contributed by atoms with E-state index in [1.807, 2.05) is 48.5 Å². The Balaban J connectivity index is 1.31. The van der Waals surface area contributed by atoms with Crippen molar-refractivity contribution in [2.75, 3.05) is 68.8 Å². The molecule has 0 spiro atoms. The Kier molecular flexibility index (Phi) is 8.80. The molecule has 0 saturated carbocycles. The van der Waals surface area contributed by atoms with Gasteiger partial charge in [0.2, 0.25) is 0 Å². The van der Waals surface area contributed by atoms with E-state index in [0.717, 1.165) is 79.3 Å². The van der Waals surface area contributed by atoms with Gasteiger partial charge in [0.05, 0.1) is 17.2 Å². The number of aromatic nitrogens is 3. The first kappa shape index (κ1) is 30.0. The van der Waals surface area contributed by atoms with E-state index in [1.165, 1.54) is 4.57 Å². The van der Waals surface area contributed by atoms with Crippen LogP contribution in [0, 0.1) is 0 Å². The third kappa shape index (κ3) is 6.70. The smallest absolute Gasteiger partial charge is 0.354 e. The van der Waals surface area contributed by atoms with Gasteiger partial charge in [0.1, 0.15) is 5.65 Å². The molecule has 0 aliphatic carbocycles. The number of nitrogens with zero attached hydrogens (tertiary/aromatic N) is 4. The maximum absolute atomic E-state index is 13.6. The second kappa shape index (κ2) is 12.9. The standard InChI is InChI=1S/C31H38N8O4S/c32-6-1-7-34-20-22-2-4-26(5-3-22)39-21-25-19-28(35-29(25)36-31(39)41)23-16-24(18-27(17-23)37-10-8-33-9-11-37)30(40)38-12-14-44(42,43)15-13-38/h2-5,16-19,21,33-34H,1,6-15,20,32H2,(H,35,36,41). The van der Waals surface area contributed by atoms with Crippen LogP contribution in [0.15, 0.2) is 59.5 Å². The van der Waals surface area contributed by atoms with Crippen molar-refractivity contribution in [1.29, 1.82) is 0 Å². The molecule has 0 radical (unpaired) electrons. The van der Waals surface area contributed by atoms with Gasteiger partial charge in [0.15, 0.2) is 9.84 Å². The first-order valence-electron chi connectivity index (χ1n) is 15.0. The molecule has 0 unspecified atom stereocenters. The Morgan fingerprint density at radius 1 is 0.977 bits per heavy atom. The number of hydrogen-bond donors (Lipinski definition) is 4. The second-order valence-corrected chi connectivity index (χ2v) is 13.6. The number of nitrogens with two attached hydrogens (primary N) is 1. The largest absolute Gasteiger partial charge is 0.369 e. The predicted octanol–water partition coefficient (Wildman–Crippen LogP) is 1.10. The molecule has 5 N–H and O–H groups in total. The summed E-state index contributed by atoms with van der Waals surface area (Å²) in [6.07, 6.45) is 2.69. The molecule has 12 nitrogen and oxygen atoms in total. The summed E-state index contributed by atoms with van der Waals surface area (Å²) in [5.41, 5.74) is 10.4. The molecular formula is C31H38N8O4S. The third-order valence-electron chi connectivity index (χ3n) is 8.20. The summed E-state index contributed by atoms with van der Waals surface area (Å²) in [7, 11) is -3.11. The molecule has 4 heterocycles. The fourth-order valence-corrected chi connectivity index (χ4v) is 6.86. The molecule has 4 aromatic rings. The zero-order valence-electron chi connectivity index (χ0n) is 24.6. The number of amides is 1. The van der Waals surface area contributed by atoms with E-state index in [-0.39, 0.29) is 30.5 Å². The molecule has 2 aliphatic heterocycles. The van der Waals surface area contributed by atoms with E-state index >= 15 is 0 Å². The highest BCUT2D eigenvalue weighted by molar-refractivity contribution is 7.91.